The first-order valence-corrected chi connectivity index (χ1v) is 5.34. The highest BCUT2D eigenvalue weighted by atomic mass is 16.7. The Morgan fingerprint density at radius 3 is 2.44 bits per heavy atom. The van der Waals surface area contributed by atoms with E-state index in [0.29, 0.717) is 19.6 Å². The fraction of sp³-hybridized carbons (Fsp3) is 0.385. The lowest BCUT2D eigenvalue weighted by Gasteiger charge is -2.26. The maximum Gasteiger partial charge on any atom is 0.198 e. The van der Waals surface area contributed by atoms with Gasteiger partial charge in [-0.25, -0.2) is 0 Å². The Balaban J connectivity index is 2.27. The van der Waals surface area contributed by atoms with Crippen LogP contribution >= 0.6 is 0 Å². The SMILES string of the molecule is C=CCC1(c2ccc(OC)cc2)OCCO1. The Hall–Kier alpha value is -1.32. The van der Waals surface area contributed by atoms with E-state index in [4.69, 9.17) is 14.2 Å². The number of rotatable bonds is 4. The Morgan fingerprint density at radius 1 is 1.31 bits per heavy atom. The molecular weight excluding hydrogens is 204 g/mol. The number of benzene rings is 1. The summed E-state index contributed by atoms with van der Waals surface area (Å²) >= 11 is 0. The largest absolute Gasteiger partial charge is 0.497 e. The molecule has 1 aromatic carbocycles. The predicted octanol–water partition coefficient (Wildman–Crippen LogP) is 2.47. The van der Waals surface area contributed by atoms with E-state index < -0.39 is 5.79 Å². The zero-order valence-electron chi connectivity index (χ0n) is 9.44. The van der Waals surface area contributed by atoms with Crippen molar-refractivity contribution >= 4 is 0 Å². The van der Waals surface area contributed by atoms with Gasteiger partial charge in [-0.15, -0.1) is 6.58 Å². The van der Waals surface area contributed by atoms with E-state index in [9.17, 15) is 0 Å². The highest BCUT2D eigenvalue weighted by Gasteiger charge is 2.37. The molecule has 0 aromatic heterocycles. The first-order valence-electron chi connectivity index (χ1n) is 5.34. The minimum atomic E-state index is -0.645. The summed E-state index contributed by atoms with van der Waals surface area (Å²) < 4.78 is 16.5. The second kappa shape index (κ2) is 4.68. The van der Waals surface area contributed by atoms with Gasteiger partial charge in [0.05, 0.1) is 20.3 Å². The molecule has 0 saturated carbocycles. The first kappa shape index (κ1) is 11.2. The van der Waals surface area contributed by atoms with E-state index in [1.54, 1.807) is 7.11 Å². The van der Waals surface area contributed by atoms with Crippen molar-refractivity contribution in [2.75, 3.05) is 20.3 Å². The Kier molecular flexibility index (Phi) is 3.27. The fourth-order valence-corrected chi connectivity index (χ4v) is 1.89. The third-order valence-corrected chi connectivity index (χ3v) is 2.70. The Bertz CT molecular complexity index is 350. The highest BCUT2D eigenvalue weighted by Crippen LogP contribution is 2.35. The molecule has 16 heavy (non-hydrogen) atoms. The summed E-state index contributed by atoms with van der Waals surface area (Å²) in [5, 5.41) is 0. The molecule has 1 aromatic rings. The van der Waals surface area contributed by atoms with Crippen LogP contribution in [0.5, 0.6) is 5.75 Å². The molecule has 2 rings (SSSR count). The van der Waals surface area contributed by atoms with Crippen LogP contribution in [0.2, 0.25) is 0 Å². The standard InChI is InChI=1S/C13H16O3/c1-3-8-13(15-9-10-16-13)11-4-6-12(14-2)7-5-11/h3-7H,1,8-10H2,2H3. The molecule has 1 heterocycles. The molecule has 0 bridgehead atoms. The molecule has 0 amide bonds. The predicted molar refractivity (Wildman–Crippen MR) is 61.4 cm³/mol. The summed E-state index contributed by atoms with van der Waals surface area (Å²) in [5.74, 6) is 0.184. The summed E-state index contributed by atoms with van der Waals surface area (Å²) in [6.07, 6.45) is 2.47. The molecule has 0 spiro atoms. The van der Waals surface area contributed by atoms with Crippen molar-refractivity contribution in [3.63, 3.8) is 0 Å². The Labute approximate surface area is 95.6 Å². The van der Waals surface area contributed by atoms with E-state index in [-0.39, 0.29) is 0 Å². The fourth-order valence-electron chi connectivity index (χ4n) is 1.89. The molecular formula is C13H16O3. The summed E-state index contributed by atoms with van der Waals surface area (Å²) in [4.78, 5) is 0. The van der Waals surface area contributed by atoms with Crippen molar-refractivity contribution < 1.29 is 14.2 Å². The summed E-state index contributed by atoms with van der Waals surface area (Å²) in [6, 6.07) is 7.75. The van der Waals surface area contributed by atoms with Gasteiger partial charge in [0.2, 0.25) is 0 Å². The van der Waals surface area contributed by atoms with Gasteiger partial charge in [0.1, 0.15) is 5.75 Å². The minimum absolute atomic E-state index is 0.625. The van der Waals surface area contributed by atoms with Crippen LogP contribution in [0.1, 0.15) is 12.0 Å². The van der Waals surface area contributed by atoms with Crippen molar-refractivity contribution in [3.05, 3.63) is 42.5 Å². The number of methoxy groups -OCH3 is 1. The van der Waals surface area contributed by atoms with Crippen molar-refractivity contribution in [2.24, 2.45) is 0 Å². The summed E-state index contributed by atoms with van der Waals surface area (Å²) in [6.45, 7) is 4.99. The molecule has 0 unspecified atom stereocenters. The maximum absolute atomic E-state index is 5.71. The van der Waals surface area contributed by atoms with Crippen LogP contribution in [-0.4, -0.2) is 20.3 Å². The second-order valence-electron chi connectivity index (χ2n) is 3.67. The van der Waals surface area contributed by atoms with Gasteiger partial charge >= 0.3 is 0 Å². The number of hydrogen-bond acceptors (Lipinski definition) is 3. The molecule has 1 aliphatic rings. The average Bonchev–Trinajstić information content (AvgIpc) is 2.80. The van der Waals surface area contributed by atoms with E-state index in [1.807, 2.05) is 30.3 Å². The van der Waals surface area contributed by atoms with Gasteiger partial charge in [0.15, 0.2) is 5.79 Å². The lowest BCUT2D eigenvalue weighted by molar-refractivity contribution is -0.162. The van der Waals surface area contributed by atoms with Gasteiger partial charge in [0.25, 0.3) is 0 Å². The molecule has 0 N–H and O–H groups in total. The van der Waals surface area contributed by atoms with Crippen LogP contribution < -0.4 is 4.74 Å². The van der Waals surface area contributed by atoms with Crippen molar-refractivity contribution in [1.82, 2.24) is 0 Å². The van der Waals surface area contributed by atoms with E-state index >= 15 is 0 Å². The molecule has 0 aliphatic carbocycles. The second-order valence-corrected chi connectivity index (χ2v) is 3.67. The first-order chi connectivity index (χ1) is 7.80. The van der Waals surface area contributed by atoms with Crippen LogP contribution in [0.4, 0.5) is 0 Å². The average molecular weight is 220 g/mol. The lowest BCUT2D eigenvalue weighted by atomic mass is 10.0. The minimum Gasteiger partial charge on any atom is -0.497 e. The van der Waals surface area contributed by atoms with Crippen LogP contribution in [0.25, 0.3) is 0 Å². The lowest BCUT2D eigenvalue weighted by Crippen LogP contribution is -2.26. The summed E-state index contributed by atoms with van der Waals surface area (Å²) in [7, 11) is 1.65. The van der Waals surface area contributed by atoms with Crippen LogP contribution in [0, 0.1) is 0 Å². The van der Waals surface area contributed by atoms with Gasteiger partial charge < -0.3 is 14.2 Å². The summed E-state index contributed by atoms with van der Waals surface area (Å²) in [5.41, 5.74) is 1.01. The smallest absolute Gasteiger partial charge is 0.198 e. The molecule has 0 radical (unpaired) electrons. The highest BCUT2D eigenvalue weighted by molar-refractivity contribution is 5.30. The third kappa shape index (κ3) is 1.96. The normalized spacial score (nSPS) is 18.3. The molecule has 3 heteroatoms. The quantitative estimate of drug-likeness (QED) is 0.729. The van der Waals surface area contributed by atoms with Crippen LogP contribution in [0.3, 0.4) is 0 Å². The van der Waals surface area contributed by atoms with Crippen molar-refractivity contribution in [3.8, 4) is 5.75 Å². The van der Waals surface area contributed by atoms with Crippen LogP contribution in [0.15, 0.2) is 36.9 Å². The molecule has 0 atom stereocenters. The van der Waals surface area contributed by atoms with Gasteiger partial charge in [-0.3, -0.25) is 0 Å². The van der Waals surface area contributed by atoms with Crippen molar-refractivity contribution in [1.29, 1.82) is 0 Å². The van der Waals surface area contributed by atoms with E-state index in [0.717, 1.165) is 11.3 Å². The molecule has 86 valence electrons. The van der Waals surface area contributed by atoms with Gasteiger partial charge in [-0.2, -0.15) is 0 Å². The van der Waals surface area contributed by atoms with Crippen molar-refractivity contribution in [2.45, 2.75) is 12.2 Å². The number of hydrogen-bond donors (Lipinski definition) is 0. The van der Waals surface area contributed by atoms with E-state index in [1.165, 1.54) is 0 Å². The van der Waals surface area contributed by atoms with Gasteiger partial charge in [0, 0.05) is 12.0 Å². The molecule has 1 aliphatic heterocycles. The van der Waals surface area contributed by atoms with E-state index in [2.05, 4.69) is 6.58 Å². The van der Waals surface area contributed by atoms with Gasteiger partial charge in [-0.1, -0.05) is 6.08 Å². The molecule has 3 nitrogen and oxygen atoms in total. The topological polar surface area (TPSA) is 27.7 Å². The third-order valence-electron chi connectivity index (χ3n) is 2.70. The van der Waals surface area contributed by atoms with Crippen LogP contribution in [-0.2, 0) is 15.3 Å². The molecule has 1 fully saturated rings. The number of ether oxygens (including phenoxy) is 3. The zero-order valence-corrected chi connectivity index (χ0v) is 9.44. The van der Waals surface area contributed by atoms with Gasteiger partial charge in [-0.05, 0) is 24.3 Å². The Morgan fingerprint density at radius 2 is 1.94 bits per heavy atom. The zero-order chi connectivity index (χ0) is 11.4. The molecule has 1 saturated heterocycles. The maximum atomic E-state index is 5.71. The monoisotopic (exact) mass is 220 g/mol.